The zero-order valence-electron chi connectivity index (χ0n) is 11.9. The minimum Gasteiger partial charge on any atom is -0.493 e. The minimum absolute atomic E-state index is 0.0110. The summed E-state index contributed by atoms with van der Waals surface area (Å²) >= 11 is 0. The van der Waals surface area contributed by atoms with E-state index in [1.54, 1.807) is 7.11 Å². The van der Waals surface area contributed by atoms with E-state index in [4.69, 9.17) is 19.3 Å². The van der Waals surface area contributed by atoms with E-state index < -0.39 is 0 Å². The SMILES string of the molecule is COc1ccc(NCC2CCOCC2)cc1OCCO. The zero-order valence-corrected chi connectivity index (χ0v) is 11.9. The van der Waals surface area contributed by atoms with Gasteiger partial charge in [0.15, 0.2) is 11.5 Å². The molecule has 0 radical (unpaired) electrons. The Bertz CT molecular complexity index is 405. The zero-order chi connectivity index (χ0) is 14.2. The molecule has 0 atom stereocenters. The molecule has 1 aromatic rings. The second-order valence-electron chi connectivity index (χ2n) is 4.87. The Balaban J connectivity index is 1.93. The van der Waals surface area contributed by atoms with Crippen LogP contribution in [-0.4, -0.2) is 45.2 Å². The molecule has 0 aliphatic carbocycles. The molecule has 1 saturated heterocycles. The molecule has 1 aliphatic heterocycles. The van der Waals surface area contributed by atoms with Gasteiger partial charge in [0.2, 0.25) is 0 Å². The normalized spacial score (nSPS) is 15.9. The first-order chi connectivity index (χ1) is 9.83. The van der Waals surface area contributed by atoms with Crippen LogP contribution in [0.3, 0.4) is 0 Å². The highest BCUT2D eigenvalue weighted by molar-refractivity contribution is 5.54. The third-order valence-electron chi connectivity index (χ3n) is 3.45. The second-order valence-corrected chi connectivity index (χ2v) is 4.87. The van der Waals surface area contributed by atoms with Crippen molar-refractivity contribution in [3.63, 3.8) is 0 Å². The molecule has 0 spiro atoms. The van der Waals surface area contributed by atoms with Crippen molar-refractivity contribution in [1.29, 1.82) is 0 Å². The highest BCUT2D eigenvalue weighted by Gasteiger charge is 2.13. The van der Waals surface area contributed by atoms with Crippen molar-refractivity contribution in [2.75, 3.05) is 45.4 Å². The van der Waals surface area contributed by atoms with Crippen LogP contribution < -0.4 is 14.8 Å². The maximum atomic E-state index is 8.84. The van der Waals surface area contributed by atoms with Crippen molar-refractivity contribution in [1.82, 2.24) is 0 Å². The van der Waals surface area contributed by atoms with Crippen LogP contribution in [0.1, 0.15) is 12.8 Å². The monoisotopic (exact) mass is 281 g/mol. The standard InChI is InChI=1S/C15H23NO4/c1-18-14-3-2-13(10-15(14)20-9-6-17)16-11-12-4-7-19-8-5-12/h2-3,10,12,16-17H,4-9,11H2,1H3. The lowest BCUT2D eigenvalue weighted by atomic mass is 10.0. The third kappa shape index (κ3) is 4.28. The Hall–Kier alpha value is -1.46. The van der Waals surface area contributed by atoms with Gasteiger partial charge in [0, 0.05) is 31.5 Å². The van der Waals surface area contributed by atoms with Gasteiger partial charge in [-0.3, -0.25) is 0 Å². The summed E-state index contributed by atoms with van der Waals surface area (Å²) in [6.45, 7) is 2.91. The van der Waals surface area contributed by atoms with Crippen LogP contribution in [0.25, 0.3) is 0 Å². The largest absolute Gasteiger partial charge is 0.493 e. The fraction of sp³-hybridized carbons (Fsp3) is 0.600. The quantitative estimate of drug-likeness (QED) is 0.799. The minimum atomic E-state index is -0.0110. The average molecular weight is 281 g/mol. The van der Waals surface area contributed by atoms with E-state index in [0.29, 0.717) is 17.4 Å². The van der Waals surface area contributed by atoms with Gasteiger partial charge in [-0.2, -0.15) is 0 Å². The van der Waals surface area contributed by atoms with Gasteiger partial charge in [0.1, 0.15) is 6.61 Å². The molecule has 2 rings (SSSR count). The second kappa shape index (κ2) is 7.97. The Kier molecular flexibility index (Phi) is 5.95. The van der Waals surface area contributed by atoms with Gasteiger partial charge in [0.25, 0.3) is 0 Å². The molecule has 0 amide bonds. The van der Waals surface area contributed by atoms with Crippen LogP contribution in [-0.2, 0) is 4.74 Å². The first-order valence-electron chi connectivity index (χ1n) is 7.07. The van der Waals surface area contributed by atoms with Crippen LogP contribution in [0.4, 0.5) is 5.69 Å². The van der Waals surface area contributed by atoms with E-state index in [1.807, 2.05) is 18.2 Å². The molecule has 5 heteroatoms. The summed E-state index contributed by atoms with van der Waals surface area (Å²) in [6.07, 6.45) is 2.22. The maximum absolute atomic E-state index is 8.84. The van der Waals surface area contributed by atoms with Gasteiger partial charge in [-0.1, -0.05) is 0 Å². The Morgan fingerprint density at radius 3 is 2.80 bits per heavy atom. The van der Waals surface area contributed by atoms with Crippen molar-refractivity contribution < 1.29 is 19.3 Å². The number of anilines is 1. The number of rotatable bonds is 7. The fourth-order valence-corrected chi connectivity index (χ4v) is 2.27. The molecule has 1 fully saturated rings. The molecule has 2 N–H and O–H groups in total. The van der Waals surface area contributed by atoms with Crippen LogP contribution in [0.2, 0.25) is 0 Å². The van der Waals surface area contributed by atoms with Crippen molar-refractivity contribution in [3.8, 4) is 11.5 Å². The molecule has 5 nitrogen and oxygen atoms in total. The van der Waals surface area contributed by atoms with Crippen molar-refractivity contribution in [2.45, 2.75) is 12.8 Å². The maximum Gasteiger partial charge on any atom is 0.163 e. The third-order valence-corrected chi connectivity index (χ3v) is 3.45. The van der Waals surface area contributed by atoms with Gasteiger partial charge >= 0.3 is 0 Å². The van der Waals surface area contributed by atoms with E-state index in [9.17, 15) is 0 Å². The molecular weight excluding hydrogens is 258 g/mol. The van der Waals surface area contributed by atoms with Crippen molar-refractivity contribution in [3.05, 3.63) is 18.2 Å². The van der Waals surface area contributed by atoms with Gasteiger partial charge in [-0.05, 0) is 30.9 Å². The molecule has 1 aliphatic rings. The fourth-order valence-electron chi connectivity index (χ4n) is 2.27. The number of methoxy groups -OCH3 is 1. The van der Waals surface area contributed by atoms with E-state index in [1.165, 1.54) is 0 Å². The van der Waals surface area contributed by atoms with E-state index in [0.717, 1.165) is 38.3 Å². The lowest BCUT2D eigenvalue weighted by Gasteiger charge is -2.23. The number of aliphatic hydroxyl groups is 1. The molecule has 1 aromatic carbocycles. The Morgan fingerprint density at radius 2 is 2.10 bits per heavy atom. The summed E-state index contributed by atoms with van der Waals surface area (Å²) in [7, 11) is 1.61. The van der Waals surface area contributed by atoms with Crippen molar-refractivity contribution >= 4 is 5.69 Å². The number of ether oxygens (including phenoxy) is 3. The summed E-state index contributed by atoms with van der Waals surface area (Å²) in [4.78, 5) is 0. The highest BCUT2D eigenvalue weighted by Crippen LogP contribution is 2.30. The predicted octanol–water partition coefficient (Wildman–Crippen LogP) is 1.90. The van der Waals surface area contributed by atoms with Gasteiger partial charge < -0.3 is 24.6 Å². The van der Waals surface area contributed by atoms with Crippen LogP contribution in [0.15, 0.2) is 18.2 Å². The molecule has 0 bridgehead atoms. The van der Waals surface area contributed by atoms with Gasteiger partial charge in [-0.15, -0.1) is 0 Å². The lowest BCUT2D eigenvalue weighted by Crippen LogP contribution is -2.22. The van der Waals surface area contributed by atoms with Crippen molar-refractivity contribution in [2.24, 2.45) is 5.92 Å². The number of benzene rings is 1. The average Bonchev–Trinajstić information content (AvgIpc) is 2.52. The molecular formula is C15H23NO4. The van der Waals surface area contributed by atoms with E-state index >= 15 is 0 Å². The summed E-state index contributed by atoms with van der Waals surface area (Å²) in [6, 6.07) is 5.76. The Morgan fingerprint density at radius 1 is 1.30 bits per heavy atom. The topological polar surface area (TPSA) is 60.0 Å². The van der Waals surface area contributed by atoms with Crippen LogP contribution in [0, 0.1) is 5.92 Å². The van der Waals surface area contributed by atoms with Gasteiger partial charge in [0.05, 0.1) is 13.7 Å². The number of nitrogens with one attached hydrogen (secondary N) is 1. The summed E-state index contributed by atoms with van der Waals surface area (Å²) in [5.41, 5.74) is 1.00. The Labute approximate surface area is 119 Å². The first-order valence-corrected chi connectivity index (χ1v) is 7.07. The highest BCUT2D eigenvalue weighted by atomic mass is 16.5. The van der Waals surface area contributed by atoms with Crippen LogP contribution in [0.5, 0.6) is 11.5 Å². The summed E-state index contributed by atoms with van der Waals surface area (Å²) in [5, 5.41) is 12.3. The molecule has 20 heavy (non-hydrogen) atoms. The summed E-state index contributed by atoms with van der Waals surface area (Å²) < 4.78 is 16.1. The number of hydrogen-bond donors (Lipinski definition) is 2. The number of hydrogen-bond acceptors (Lipinski definition) is 5. The molecule has 112 valence electrons. The smallest absolute Gasteiger partial charge is 0.163 e. The van der Waals surface area contributed by atoms with Gasteiger partial charge in [-0.25, -0.2) is 0 Å². The predicted molar refractivity (Wildman–Crippen MR) is 77.6 cm³/mol. The number of aliphatic hydroxyl groups excluding tert-OH is 1. The molecule has 0 saturated carbocycles. The molecule has 0 aromatic heterocycles. The first kappa shape index (κ1) is 14.9. The lowest BCUT2D eigenvalue weighted by molar-refractivity contribution is 0.0699. The van der Waals surface area contributed by atoms with E-state index in [-0.39, 0.29) is 13.2 Å². The summed E-state index contributed by atoms with van der Waals surface area (Å²) in [5.74, 6) is 1.99. The molecule has 0 unspecified atom stereocenters. The van der Waals surface area contributed by atoms with Crippen LogP contribution >= 0.6 is 0 Å². The van der Waals surface area contributed by atoms with E-state index in [2.05, 4.69) is 5.32 Å². The molecule has 1 heterocycles.